The van der Waals surface area contributed by atoms with Crippen LogP contribution in [0.5, 0.6) is 0 Å². The molecule has 280 valence electrons. The molecule has 3 fully saturated rings. The molecule has 3 aromatic heterocycles. The standard InChI is InChI=1S/C37H39N11O5.ClH/c49-29-19-40-37(53)48(29)28-16-27(31(50)32(28)51)47-21-41-30-33(39-18-26(22-8-3-1-4-9-22)23-10-5-2-6-11-23)44-35(45-34(30)47)46-15-13-25(20-46)43-36(52)42-24-12-7-14-38-17-24;/h1-12,14,17,21,25-28,31-32,50-51H,13,15-16,18-20H2,(H,40,53)(H,39,44,45)(H2,42,43,52);1H/t25?,27-,28+,31+,32-;/m1./s1. The van der Waals surface area contributed by atoms with Gasteiger partial charge in [0.05, 0.1) is 36.8 Å². The maximum Gasteiger partial charge on any atom is 0.324 e. The number of aliphatic hydroxyl groups excluding tert-OH is 2. The summed E-state index contributed by atoms with van der Waals surface area (Å²) in [6.45, 7) is 1.32. The van der Waals surface area contributed by atoms with E-state index in [2.05, 4.69) is 50.5 Å². The quantitative estimate of drug-likeness (QED) is 0.115. The van der Waals surface area contributed by atoms with Crippen LogP contribution in [0.1, 0.15) is 35.9 Å². The van der Waals surface area contributed by atoms with Crippen LogP contribution in [0.25, 0.3) is 11.2 Å². The maximum atomic E-state index is 12.8. The first-order chi connectivity index (χ1) is 25.8. The molecule has 0 bridgehead atoms. The molecule has 1 saturated carbocycles. The second-order valence-electron chi connectivity index (χ2n) is 13.5. The number of nitrogens with one attached hydrogen (secondary N) is 4. The van der Waals surface area contributed by atoms with Crippen LogP contribution >= 0.6 is 12.4 Å². The van der Waals surface area contributed by atoms with Crippen molar-refractivity contribution < 1.29 is 24.6 Å². The molecule has 16 nitrogen and oxygen atoms in total. The van der Waals surface area contributed by atoms with E-state index >= 15 is 0 Å². The smallest absolute Gasteiger partial charge is 0.324 e. The Morgan fingerprint density at radius 2 is 1.67 bits per heavy atom. The van der Waals surface area contributed by atoms with Crippen LogP contribution in [-0.2, 0) is 4.79 Å². The number of amides is 5. The van der Waals surface area contributed by atoms with Crippen molar-refractivity contribution in [1.29, 1.82) is 0 Å². The van der Waals surface area contributed by atoms with Crippen molar-refractivity contribution in [1.82, 2.24) is 40.0 Å². The lowest BCUT2D eigenvalue weighted by Crippen LogP contribution is -2.46. The number of carbonyl (C=O) groups excluding carboxylic acids is 3. The molecule has 2 aromatic carbocycles. The third-order valence-electron chi connectivity index (χ3n) is 10.2. The first-order valence-electron chi connectivity index (χ1n) is 17.6. The molecule has 1 aliphatic carbocycles. The van der Waals surface area contributed by atoms with Gasteiger partial charge in [-0.3, -0.25) is 14.7 Å². The summed E-state index contributed by atoms with van der Waals surface area (Å²) in [7, 11) is 0. The zero-order valence-electron chi connectivity index (χ0n) is 29.0. The van der Waals surface area contributed by atoms with Gasteiger partial charge in [-0.25, -0.2) is 14.6 Å². The molecule has 8 rings (SSSR count). The highest BCUT2D eigenvalue weighted by Gasteiger charge is 2.50. The first-order valence-corrected chi connectivity index (χ1v) is 17.6. The van der Waals surface area contributed by atoms with Crippen molar-refractivity contribution in [3.63, 3.8) is 0 Å². The van der Waals surface area contributed by atoms with Gasteiger partial charge in [0.1, 0.15) is 12.2 Å². The van der Waals surface area contributed by atoms with E-state index in [-0.39, 0.29) is 43.4 Å². The summed E-state index contributed by atoms with van der Waals surface area (Å²) in [4.78, 5) is 59.5. The molecule has 17 heteroatoms. The van der Waals surface area contributed by atoms with Crippen LogP contribution in [0.3, 0.4) is 0 Å². The van der Waals surface area contributed by atoms with Crippen molar-refractivity contribution in [2.45, 2.75) is 49.1 Å². The Morgan fingerprint density at radius 1 is 0.944 bits per heavy atom. The zero-order chi connectivity index (χ0) is 36.5. The molecule has 3 aliphatic rings. The number of urea groups is 2. The Morgan fingerprint density at radius 3 is 2.33 bits per heavy atom. The highest BCUT2D eigenvalue weighted by molar-refractivity contribution is 6.02. The third-order valence-corrected chi connectivity index (χ3v) is 10.2. The van der Waals surface area contributed by atoms with Gasteiger partial charge < -0.3 is 40.9 Å². The second-order valence-corrected chi connectivity index (χ2v) is 13.5. The number of hydrogen-bond donors (Lipinski definition) is 6. The Bertz CT molecular complexity index is 2050. The molecule has 1 unspecified atom stereocenters. The van der Waals surface area contributed by atoms with Crippen LogP contribution in [0, 0.1) is 0 Å². The van der Waals surface area contributed by atoms with Crippen molar-refractivity contribution in [3.8, 4) is 0 Å². The molecule has 54 heavy (non-hydrogen) atoms. The van der Waals surface area contributed by atoms with Crippen molar-refractivity contribution >= 4 is 59.0 Å². The molecule has 6 N–H and O–H groups in total. The predicted octanol–water partition coefficient (Wildman–Crippen LogP) is 2.87. The third kappa shape index (κ3) is 7.22. The lowest BCUT2D eigenvalue weighted by atomic mass is 9.91. The van der Waals surface area contributed by atoms with E-state index in [1.807, 2.05) is 41.3 Å². The lowest BCUT2D eigenvalue weighted by Gasteiger charge is -2.23. The number of nitrogens with zero attached hydrogens (tertiary/aromatic N) is 7. The number of benzene rings is 2. The zero-order valence-corrected chi connectivity index (χ0v) is 29.8. The van der Waals surface area contributed by atoms with Gasteiger partial charge in [-0.15, -0.1) is 12.4 Å². The summed E-state index contributed by atoms with van der Waals surface area (Å²) in [6, 6.07) is 21.1. The highest BCUT2D eigenvalue weighted by Crippen LogP contribution is 2.38. The Labute approximate surface area is 316 Å². The van der Waals surface area contributed by atoms with E-state index in [1.54, 1.807) is 35.4 Å². The minimum absolute atomic E-state index is 0. The minimum Gasteiger partial charge on any atom is -0.388 e. The molecule has 0 radical (unpaired) electrons. The second kappa shape index (κ2) is 15.6. The van der Waals surface area contributed by atoms with E-state index in [0.29, 0.717) is 54.7 Å². The summed E-state index contributed by atoms with van der Waals surface area (Å²) < 4.78 is 1.69. The van der Waals surface area contributed by atoms with Crippen LogP contribution in [0.2, 0.25) is 0 Å². The number of aromatic nitrogens is 5. The number of imidazole rings is 1. The number of halogens is 1. The summed E-state index contributed by atoms with van der Waals surface area (Å²) in [5.74, 6) is 0.387. The number of hydrogen-bond acceptors (Lipinski definition) is 11. The summed E-state index contributed by atoms with van der Waals surface area (Å²) >= 11 is 0. The van der Waals surface area contributed by atoms with Crippen molar-refractivity contribution in [2.75, 3.05) is 41.7 Å². The fourth-order valence-electron chi connectivity index (χ4n) is 7.55. The number of rotatable bonds is 10. The number of anilines is 3. The largest absolute Gasteiger partial charge is 0.388 e. The molecule has 0 spiro atoms. The van der Waals surface area contributed by atoms with Crippen molar-refractivity contribution in [2.24, 2.45) is 0 Å². The summed E-state index contributed by atoms with van der Waals surface area (Å²) in [5.41, 5.74) is 3.69. The van der Waals surface area contributed by atoms with Crippen molar-refractivity contribution in [3.05, 3.63) is 103 Å². The molecule has 2 saturated heterocycles. The Kier molecular flexibility index (Phi) is 10.6. The van der Waals surface area contributed by atoms with E-state index in [0.717, 1.165) is 16.0 Å². The minimum atomic E-state index is -1.37. The number of imide groups is 1. The van der Waals surface area contributed by atoms with Crippen LogP contribution in [-0.4, -0.2) is 108 Å². The number of pyridine rings is 1. The predicted molar refractivity (Wildman–Crippen MR) is 202 cm³/mol. The molecular formula is C37H40ClN11O5. The topological polar surface area (TPSA) is 203 Å². The van der Waals surface area contributed by atoms with Gasteiger partial charge in [0.15, 0.2) is 17.0 Å². The van der Waals surface area contributed by atoms with Gasteiger partial charge in [0.2, 0.25) is 11.9 Å². The van der Waals surface area contributed by atoms with Gasteiger partial charge in [-0.05, 0) is 36.1 Å². The number of aliphatic hydroxyl groups is 2. The molecular weight excluding hydrogens is 714 g/mol. The molecule has 5 amide bonds. The highest BCUT2D eigenvalue weighted by atomic mass is 35.5. The van der Waals surface area contributed by atoms with E-state index in [1.165, 1.54) is 0 Å². The fraction of sp³-hybridized carbons (Fsp3) is 0.324. The Hall–Kier alpha value is -5.84. The molecule has 5 atom stereocenters. The SMILES string of the molecule is Cl.O=C(Nc1cccnc1)NC1CCN(c2nc(NCC(c3ccccc3)c3ccccc3)c3ncn([C@@H]4C[C@H](N5C(=O)CNC5=O)[C@@H](O)[C@H]4O)c3n2)C1. The fourth-order valence-corrected chi connectivity index (χ4v) is 7.55. The molecule has 5 heterocycles. The van der Waals surface area contributed by atoms with Crippen LogP contribution in [0.15, 0.2) is 91.5 Å². The normalized spacial score (nSPS) is 22.4. The average Bonchev–Trinajstić information content (AvgIpc) is 3.96. The van der Waals surface area contributed by atoms with E-state index in [9.17, 15) is 24.6 Å². The van der Waals surface area contributed by atoms with Crippen LogP contribution < -0.4 is 26.2 Å². The van der Waals surface area contributed by atoms with Gasteiger partial charge in [-0.1, -0.05) is 60.7 Å². The average molecular weight is 754 g/mol. The van der Waals surface area contributed by atoms with Crippen LogP contribution in [0.4, 0.5) is 27.0 Å². The van der Waals surface area contributed by atoms with Gasteiger partial charge in [0.25, 0.3) is 0 Å². The van der Waals surface area contributed by atoms with Gasteiger partial charge in [-0.2, -0.15) is 9.97 Å². The Balaban J connectivity index is 0.00000450. The lowest BCUT2D eigenvalue weighted by molar-refractivity contribution is -0.128. The molecule has 5 aromatic rings. The van der Waals surface area contributed by atoms with E-state index < -0.39 is 36.2 Å². The van der Waals surface area contributed by atoms with Gasteiger partial charge >= 0.3 is 12.1 Å². The summed E-state index contributed by atoms with van der Waals surface area (Å²) in [6.07, 6.45) is 2.82. The maximum absolute atomic E-state index is 12.8. The molecule has 2 aliphatic heterocycles. The summed E-state index contributed by atoms with van der Waals surface area (Å²) in [5, 5.41) is 34.3. The first kappa shape index (κ1) is 36.5. The van der Waals surface area contributed by atoms with E-state index in [4.69, 9.17) is 15.0 Å². The van der Waals surface area contributed by atoms with Gasteiger partial charge in [0, 0.05) is 37.8 Å². The number of fused-ring (bicyclic) bond motifs is 1. The number of carbonyl (C=O) groups is 3. The monoisotopic (exact) mass is 753 g/mol.